The van der Waals surface area contributed by atoms with Crippen molar-refractivity contribution in [2.45, 2.75) is 25.5 Å². The summed E-state index contributed by atoms with van der Waals surface area (Å²) in [7, 11) is 0. The molecule has 1 aliphatic rings. The molecule has 2 aromatic heterocycles. The summed E-state index contributed by atoms with van der Waals surface area (Å²) < 4.78 is 9.89. The number of rotatable bonds is 5. The Labute approximate surface area is 158 Å². The Morgan fingerprint density at radius 1 is 1.32 bits per heavy atom. The number of nitrogens with zero attached hydrogens (tertiary/aromatic N) is 1. The first kappa shape index (κ1) is 16.8. The van der Waals surface area contributed by atoms with Gasteiger partial charge >= 0.3 is 0 Å². The van der Waals surface area contributed by atoms with Crippen molar-refractivity contribution in [3.63, 3.8) is 0 Å². The molecule has 0 spiro atoms. The standard InChI is InChI=1S/C19H19BrN2O2S/c20-14-5-3-13(4-6-14)12-22-16-7-9-25-18(16)10-17(22)19(23)21-11-15-2-1-8-24-15/h3-7,9-10,15H,1-2,8,11-12H2,(H,21,23)/t15-/m1/s1. The van der Waals surface area contributed by atoms with Crippen LogP contribution in [0, 0.1) is 0 Å². The molecule has 1 atom stereocenters. The molecule has 1 aromatic carbocycles. The van der Waals surface area contributed by atoms with Gasteiger partial charge < -0.3 is 14.6 Å². The van der Waals surface area contributed by atoms with E-state index in [2.05, 4.69) is 49.4 Å². The third kappa shape index (κ3) is 3.66. The third-order valence-corrected chi connectivity index (χ3v) is 5.91. The van der Waals surface area contributed by atoms with Crippen LogP contribution in [0.4, 0.5) is 0 Å². The Balaban J connectivity index is 1.58. The molecule has 0 saturated carbocycles. The number of carbonyl (C=O) groups is 1. The second-order valence-corrected chi connectivity index (χ2v) is 8.12. The lowest BCUT2D eigenvalue weighted by Crippen LogP contribution is -2.33. The number of ether oxygens (including phenoxy) is 1. The van der Waals surface area contributed by atoms with Gasteiger partial charge in [-0.2, -0.15) is 0 Å². The number of hydrogen-bond donors (Lipinski definition) is 1. The van der Waals surface area contributed by atoms with Crippen molar-refractivity contribution in [1.29, 1.82) is 0 Å². The van der Waals surface area contributed by atoms with Gasteiger partial charge in [0.05, 0.1) is 16.3 Å². The Morgan fingerprint density at radius 2 is 2.16 bits per heavy atom. The van der Waals surface area contributed by atoms with Gasteiger partial charge in [-0.25, -0.2) is 0 Å². The molecule has 3 heterocycles. The van der Waals surface area contributed by atoms with Crippen LogP contribution in [0.25, 0.3) is 10.2 Å². The van der Waals surface area contributed by atoms with Crippen LogP contribution in [0.2, 0.25) is 0 Å². The van der Waals surface area contributed by atoms with Gasteiger partial charge in [0.25, 0.3) is 5.91 Å². The van der Waals surface area contributed by atoms with E-state index in [-0.39, 0.29) is 12.0 Å². The summed E-state index contributed by atoms with van der Waals surface area (Å²) >= 11 is 5.13. The average Bonchev–Trinajstić information content (AvgIpc) is 3.33. The van der Waals surface area contributed by atoms with Crippen molar-refractivity contribution in [1.82, 2.24) is 9.88 Å². The highest BCUT2D eigenvalue weighted by Gasteiger charge is 2.20. The molecule has 0 radical (unpaired) electrons. The number of nitrogens with one attached hydrogen (secondary N) is 1. The molecular weight excluding hydrogens is 400 g/mol. The second kappa shape index (κ2) is 7.32. The van der Waals surface area contributed by atoms with Crippen molar-refractivity contribution in [3.8, 4) is 0 Å². The molecule has 25 heavy (non-hydrogen) atoms. The highest BCUT2D eigenvalue weighted by atomic mass is 79.9. The molecule has 3 aromatic rings. The maximum absolute atomic E-state index is 12.7. The van der Waals surface area contributed by atoms with Gasteiger partial charge in [-0.1, -0.05) is 28.1 Å². The van der Waals surface area contributed by atoms with Gasteiger partial charge in [-0.3, -0.25) is 4.79 Å². The maximum atomic E-state index is 12.7. The molecule has 4 rings (SSSR count). The van der Waals surface area contributed by atoms with Crippen molar-refractivity contribution < 1.29 is 9.53 Å². The molecular formula is C19H19BrN2O2S. The fraction of sp³-hybridized carbons (Fsp3) is 0.316. The number of fused-ring (bicyclic) bond motifs is 1. The van der Waals surface area contributed by atoms with E-state index in [1.54, 1.807) is 11.3 Å². The monoisotopic (exact) mass is 418 g/mol. The predicted octanol–water partition coefficient (Wildman–Crippen LogP) is 4.42. The van der Waals surface area contributed by atoms with Crippen molar-refractivity contribution in [3.05, 3.63) is 57.5 Å². The van der Waals surface area contributed by atoms with Crippen LogP contribution >= 0.6 is 27.3 Å². The summed E-state index contributed by atoms with van der Waals surface area (Å²) in [6.45, 7) is 2.06. The normalized spacial score (nSPS) is 17.2. The van der Waals surface area contributed by atoms with E-state index >= 15 is 0 Å². The minimum Gasteiger partial charge on any atom is -0.376 e. The quantitative estimate of drug-likeness (QED) is 0.665. The lowest BCUT2D eigenvalue weighted by molar-refractivity contribution is 0.0851. The molecule has 0 unspecified atom stereocenters. The molecule has 1 saturated heterocycles. The fourth-order valence-corrected chi connectivity index (χ4v) is 4.30. The van der Waals surface area contributed by atoms with E-state index < -0.39 is 0 Å². The highest BCUT2D eigenvalue weighted by Crippen LogP contribution is 2.26. The second-order valence-electron chi connectivity index (χ2n) is 6.26. The summed E-state index contributed by atoms with van der Waals surface area (Å²) in [6.07, 6.45) is 2.26. The van der Waals surface area contributed by atoms with E-state index in [1.807, 2.05) is 18.2 Å². The minimum atomic E-state index is -0.0315. The SMILES string of the molecule is O=C(NC[C@H]1CCCO1)c1cc2sccc2n1Cc1ccc(Br)cc1. The average molecular weight is 419 g/mol. The van der Waals surface area contributed by atoms with Crippen LogP contribution in [0.1, 0.15) is 28.9 Å². The van der Waals surface area contributed by atoms with E-state index in [4.69, 9.17) is 4.74 Å². The molecule has 6 heteroatoms. The van der Waals surface area contributed by atoms with Crippen molar-refractivity contribution in [2.24, 2.45) is 0 Å². The van der Waals surface area contributed by atoms with E-state index in [1.165, 1.54) is 5.56 Å². The van der Waals surface area contributed by atoms with E-state index in [0.29, 0.717) is 18.8 Å². The molecule has 1 N–H and O–H groups in total. The first-order valence-electron chi connectivity index (χ1n) is 8.42. The third-order valence-electron chi connectivity index (χ3n) is 4.52. The number of hydrogen-bond acceptors (Lipinski definition) is 3. The zero-order chi connectivity index (χ0) is 17.2. The summed E-state index contributed by atoms with van der Waals surface area (Å²) in [6, 6.07) is 12.3. The Morgan fingerprint density at radius 3 is 2.92 bits per heavy atom. The molecule has 1 fully saturated rings. The van der Waals surface area contributed by atoms with Crippen LogP contribution in [0.3, 0.4) is 0 Å². The number of thiophene rings is 1. The molecule has 130 valence electrons. The zero-order valence-electron chi connectivity index (χ0n) is 13.7. The van der Waals surface area contributed by atoms with Crippen LogP contribution in [-0.4, -0.2) is 29.7 Å². The van der Waals surface area contributed by atoms with Gasteiger partial charge in [-0.15, -0.1) is 11.3 Å². The van der Waals surface area contributed by atoms with E-state index in [9.17, 15) is 4.79 Å². The first-order valence-corrected chi connectivity index (χ1v) is 10.1. The van der Waals surface area contributed by atoms with Gasteiger partial charge in [0, 0.05) is 24.2 Å². The zero-order valence-corrected chi connectivity index (χ0v) is 16.1. The highest BCUT2D eigenvalue weighted by molar-refractivity contribution is 9.10. The molecule has 1 aliphatic heterocycles. The lowest BCUT2D eigenvalue weighted by atomic mass is 10.2. The van der Waals surface area contributed by atoms with Crippen LogP contribution < -0.4 is 5.32 Å². The topological polar surface area (TPSA) is 43.3 Å². The summed E-state index contributed by atoms with van der Waals surface area (Å²) in [5, 5.41) is 5.11. The van der Waals surface area contributed by atoms with E-state index in [0.717, 1.165) is 34.1 Å². The Kier molecular flexibility index (Phi) is 4.92. The van der Waals surface area contributed by atoms with Crippen LogP contribution in [-0.2, 0) is 11.3 Å². The predicted molar refractivity (Wildman–Crippen MR) is 104 cm³/mol. The number of carbonyl (C=O) groups excluding carboxylic acids is 1. The number of benzene rings is 1. The van der Waals surface area contributed by atoms with Gasteiger partial charge in [0.1, 0.15) is 5.69 Å². The van der Waals surface area contributed by atoms with Gasteiger partial charge in [0.2, 0.25) is 0 Å². The van der Waals surface area contributed by atoms with Crippen molar-refractivity contribution in [2.75, 3.05) is 13.2 Å². The number of halogens is 1. The first-order chi connectivity index (χ1) is 12.2. The van der Waals surface area contributed by atoms with Crippen LogP contribution in [0.5, 0.6) is 0 Å². The maximum Gasteiger partial charge on any atom is 0.268 e. The smallest absolute Gasteiger partial charge is 0.268 e. The molecule has 1 amide bonds. The fourth-order valence-electron chi connectivity index (χ4n) is 3.21. The molecule has 0 bridgehead atoms. The largest absolute Gasteiger partial charge is 0.376 e. The van der Waals surface area contributed by atoms with Gasteiger partial charge in [0.15, 0.2) is 0 Å². The minimum absolute atomic E-state index is 0.0315. The van der Waals surface area contributed by atoms with Crippen molar-refractivity contribution >= 4 is 43.4 Å². The number of aromatic nitrogens is 1. The summed E-state index contributed by atoms with van der Waals surface area (Å²) in [5.74, 6) is -0.0315. The van der Waals surface area contributed by atoms with Gasteiger partial charge in [-0.05, 0) is 48.1 Å². The Hall–Kier alpha value is -1.63. The number of amides is 1. The van der Waals surface area contributed by atoms with Crippen LogP contribution in [0.15, 0.2) is 46.3 Å². The molecule has 4 nitrogen and oxygen atoms in total. The Bertz CT molecular complexity index is 879. The summed E-state index contributed by atoms with van der Waals surface area (Å²) in [4.78, 5) is 12.7. The molecule has 0 aliphatic carbocycles. The lowest BCUT2D eigenvalue weighted by Gasteiger charge is -2.13. The summed E-state index contributed by atoms with van der Waals surface area (Å²) in [5.41, 5.74) is 2.98.